The first-order valence-electron chi connectivity index (χ1n) is 11.3. The molecule has 0 radical (unpaired) electrons. The molecular weight excluding hydrogens is 464 g/mol. The van der Waals surface area contributed by atoms with E-state index in [1.165, 1.54) is 0 Å². The highest BCUT2D eigenvalue weighted by molar-refractivity contribution is 7.16. The molecule has 2 N–H and O–H groups in total. The van der Waals surface area contributed by atoms with Crippen LogP contribution in [0, 0.1) is 0 Å². The van der Waals surface area contributed by atoms with E-state index in [0.717, 1.165) is 35.3 Å². The summed E-state index contributed by atoms with van der Waals surface area (Å²) >= 11 is 0.974. The van der Waals surface area contributed by atoms with Crippen LogP contribution in [0.5, 0.6) is 11.5 Å². The number of hydrogen-bond acceptors (Lipinski definition) is 7. The van der Waals surface area contributed by atoms with Crippen LogP contribution in [0.25, 0.3) is 0 Å². The molecule has 0 saturated carbocycles. The fourth-order valence-corrected chi connectivity index (χ4v) is 3.85. The second kappa shape index (κ2) is 13.7. The van der Waals surface area contributed by atoms with Crippen LogP contribution in [0.2, 0.25) is 0 Å². The first kappa shape index (κ1) is 25.6. The number of rotatable bonds is 12. The highest BCUT2D eigenvalue weighted by Gasteiger charge is 2.29. The number of nitrogens with one attached hydrogen (secondary N) is 2. The number of thiophene rings is 1. The summed E-state index contributed by atoms with van der Waals surface area (Å²) in [7, 11) is 0. The molecule has 2 amide bonds. The van der Waals surface area contributed by atoms with Gasteiger partial charge in [-0.25, -0.2) is 10.9 Å². The third-order valence-electron chi connectivity index (χ3n) is 4.49. The molecule has 0 aliphatic rings. The quantitative estimate of drug-likeness (QED) is 0.279. The van der Waals surface area contributed by atoms with E-state index >= 15 is 0 Å². The Morgan fingerprint density at radius 1 is 0.743 bits per heavy atom. The predicted octanol–water partition coefficient (Wildman–Crippen LogP) is 4.85. The van der Waals surface area contributed by atoms with E-state index in [2.05, 4.69) is 21.1 Å². The molecule has 0 fully saturated rings. The fraction of sp³-hybridized carbons (Fsp3) is 0.231. The minimum absolute atomic E-state index is 0.201. The maximum absolute atomic E-state index is 13.0. The standard InChI is InChI=1S/C26H28N4O4S/c1-3-15-33-21-22(34-16-4-2)24(26(32)30-28-18-20-13-9-6-10-14-20)35-23(21)25(31)29-27-17-19-11-7-5-8-12-19/h5-14,17-18H,3-4,15-16H2,1-2H3,(H,29,31)(H,30,32)/b27-17-,28-18+. The minimum atomic E-state index is -0.499. The van der Waals surface area contributed by atoms with E-state index in [0.29, 0.717) is 13.2 Å². The summed E-state index contributed by atoms with van der Waals surface area (Å²) in [5.74, 6) is -0.535. The molecule has 0 aliphatic heterocycles. The van der Waals surface area contributed by atoms with Gasteiger partial charge in [0.2, 0.25) is 0 Å². The zero-order chi connectivity index (χ0) is 24.9. The summed E-state index contributed by atoms with van der Waals surface area (Å²) in [5.41, 5.74) is 6.69. The van der Waals surface area contributed by atoms with Gasteiger partial charge in [-0.2, -0.15) is 10.2 Å². The van der Waals surface area contributed by atoms with Crippen molar-refractivity contribution in [3.05, 3.63) is 81.5 Å². The number of ether oxygens (including phenoxy) is 2. The highest BCUT2D eigenvalue weighted by Crippen LogP contribution is 2.42. The number of nitrogens with zero attached hydrogens (tertiary/aromatic N) is 2. The Balaban J connectivity index is 1.85. The second-order valence-corrected chi connectivity index (χ2v) is 8.36. The summed E-state index contributed by atoms with van der Waals surface area (Å²) in [6, 6.07) is 18.8. The summed E-state index contributed by atoms with van der Waals surface area (Å²) in [4.78, 5) is 26.3. The Bertz CT molecular complexity index is 1070. The van der Waals surface area contributed by atoms with Crippen molar-refractivity contribution in [2.45, 2.75) is 26.7 Å². The van der Waals surface area contributed by atoms with Crippen LogP contribution in [0.15, 0.2) is 70.9 Å². The van der Waals surface area contributed by atoms with E-state index in [1.807, 2.05) is 74.5 Å². The van der Waals surface area contributed by atoms with Crippen molar-refractivity contribution in [3.63, 3.8) is 0 Å². The van der Waals surface area contributed by atoms with E-state index in [1.54, 1.807) is 12.4 Å². The molecule has 182 valence electrons. The average Bonchev–Trinajstić information content (AvgIpc) is 3.25. The summed E-state index contributed by atoms with van der Waals surface area (Å²) in [6.45, 7) is 4.63. The van der Waals surface area contributed by atoms with Gasteiger partial charge in [0.1, 0.15) is 9.75 Å². The Hall–Kier alpha value is -3.98. The van der Waals surface area contributed by atoms with Gasteiger partial charge in [0, 0.05) is 0 Å². The molecule has 0 bridgehead atoms. The topological polar surface area (TPSA) is 101 Å². The third-order valence-corrected chi connectivity index (χ3v) is 5.64. The Kier molecular flexibility index (Phi) is 10.0. The summed E-state index contributed by atoms with van der Waals surface area (Å²) in [5, 5.41) is 8.06. The molecule has 9 heteroatoms. The summed E-state index contributed by atoms with van der Waals surface area (Å²) < 4.78 is 11.7. The van der Waals surface area contributed by atoms with Gasteiger partial charge >= 0.3 is 0 Å². The van der Waals surface area contributed by atoms with Crippen molar-refractivity contribution >= 4 is 35.6 Å². The largest absolute Gasteiger partial charge is 0.488 e. The molecule has 0 atom stereocenters. The predicted molar refractivity (Wildman–Crippen MR) is 139 cm³/mol. The normalized spacial score (nSPS) is 11.0. The van der Waals surface area contributed by atoms with E-state index in [-0.39, 0.29) is 21.3 Å². The molecule has 8 nitrogen and oxygen atoms in total. The molecule has 1 aromatic heterocycles. The van der Waals surface area contributed by atoms with Gasteiger partial charge in [0.25, 0.3) is 11.8 Å². The second-order valence-electron chi connectivity index (χ2n) is 7.34. The molecule has 2 aromatic carbocycles. The maximum atomic E-state index is 13.0. The van der Waals surface area contributed by atoms with Crippen molar-refractivity contribution in [3.8, 4) is 11.5 Å². The van der Waals surface area contributed by atoms with Crippen LogP contribution >= 0.6 is 11.3 Å². The molecule has 0 aliphatic carbocycles. The first-order valence-corrected chi connectivity index (χ1v) is 12.1. The minimum Gasteiger partial charge on any atom is -0.488 e. The zero-order valence-electron chi connectivity index (χ0n) is 19.7. The number of carbonyl (C=O) groups is 2. The molecule has 3 rings (SSSR count). The molecule has 0 saturated heterocycles. The molecular formula is C26H28N4O4S. The van der Waals surface area contributed by atoms with Crippen LogP contribution in [-0.4, -0.2) is 37.5 Å². The Morgan fingerprint density at radius 3 is 1.51 bits per heavy atom. The number of amides is 2. The third kappa shape index (κ3) is 7.51. The lowest BCUT2D eigenvalue weighted by molar-refractivity contribution is 0.0945. The fourth-order valence-electron chi connectivity index (χ4n) is 2.88. The van der Waals surface area contributed by atoms with Gasteiger partial charge in [0.15, 0.2) is 11.5 Å². The smallest absolute Gasteiger partial charge is 0.285 e. The molecule has 35 heavy (non-hydrogen) atoms. The van der Waals surface area contributed by atoms with Gasteiger partial charge in [-0.05, 0) is 24.0 Å². The molecule has 3 aromatic rings. The number of hydrazone groups is 2. The van der Waals surface area contributed by atoms with Crippen LogP contribution in [-0.2, 0) is 0 Å². The number of carbonyl (C=O) groups excluding carboxylic acids is 2. The van der Waals surface area contributed by atoms with Crippen molar-refractivity contribution in [1.29, 1.82) is 0 Å². The zero-order valence-corrected chi connectivity index (χ0v) is 20.5. The van der Waals surface area contributed by atoms with E-state index in [4.69, 9.17) is 9.47 Å². The van der Waals surface area contributed by atoms with Crippen molar-refractivity contribution in [1.82, 2.24) is 10.9 Å². The number of hydrogen-bond donors (Lipinski definition) is 2. The van der Waals surface area contributed by atoms with Crippen LogP contribution < -0.4 is 20.3 Å². The molecule has 0 unspecified atom stereocenters. The van der Waals surface area contributed by atoms with Crippen LogP contribution in [0.3, 0.4) is 0 Å². The van der Waals surface area contributed by atoms with Gasteiger partial charge in [0.05, 0.1) is 25.6 Å². The van der Waals surface area contributed by atoms with Gasteiger partial charge in [-0.15, -0.1) is 11.3 Å². The van der Waals surface area contributed by atoms with Gasteiger partial charge < -0.3 is 9.47 Å². The van der Waals surface area contributed by atoms with Crippen molar-refractivity contribution in [2.24, 2.45) is 10.2 Å². The van der Waals surface area contributed by atoms with Crippen molar-refractivity contribution in [2.75, 3.05) is 13.2 Å². The van der Waals surface area contributed by atoms with Gasteiger partial charge in [-0.1, -0.05) is 74.5 Å². The Labute approximate surface area is 208 Å². The molecule has 0 spiro atoms. The van der Waals surface area contributed by atoms with Crippen LogP contribution in [0.1, 0.15) is 57.2 Å². The number of benzene rings is 2. The highest BCUT2D eigenvalue weighted by atomic mass is 32.1. The molecule has 1 heterocycles. The average molecular weight is 493 g/mol. The summed E-state index contributed by atoms with van der Waals surface area (Å²) in [6.07, 6.45) is 4.52. The van der Waals surface area contributed by atoms with Crippen molar-refractivity contribution < 1.29 is 19.1 Å². The maximum Gasteiger partial charge on any atom is 0.285 e. The monoisotopic (exact) mass is 492 g/mol. The van der Waals surface area contributed by atoms with E-state index < -0.39 is 11.8 Å². The van der Waals surface area contributed by atoms with Crippen LogP contribution in [0.4, 0.5) is 0 Å². The Morgan fingerprint density at radius 2 is 1.14 bits per heavy atom. The lowest BCUT2D eigenvalue weighted by Crippen LogP contribution is -2.17. The lowest BCUT2D eigenvalue weighted by atomic mass is 10.2. The first-order chi connectivity index (χ1) is 17.1. The van der Waals surface area contributed by atoms with Gasteiger partial charge in [-0.3, -0.25) is 9.59 Å². The lowest BCUT2D eigenvalue weighted by Gasteiger charge is -2.10. The van der Waals surface area contributed by atoms with E-state index in [9.17, 15) is 9.59 Å². The SMILES string of the molecule is CCCOc1c(C(=O)N/N=C\c2ccccc2)sc(C(=O)N/N=C/c2ccccc2)c1OCCC.